The Morgan fingerprint density at radius 3 is 3.00 bits per heavy atom. The van der Waals surface area contributed by atoms with E-state index in [1.807, 2.05) is 0 Å². The molecule has 0 saturated carbocycles. The van der Waals surface area contributed by atoms with E-state index in [9.17, 15) is 4.79 Å². The number of nitrogens with one attached hydrogen (secondary N) is 1. The Labute approximate surface area is 122 Å². The molecule has 5 heteroatoms. The first-order chi connectivity index (χ1) is 9.15. The summed E-state index contributed by atoms with van der Waals surface area (Å²) in [5.41, 5.74) is 0.762. The number of hydrogen-bond donors (Lipinski definition) is 1. The minimum Gasteiger partial charge on any atom is -0.376 e. The number of halogens is 2. The number of ether oxygens (including phenoxy) is 1. The third-order valence-corrected chi connectivity index (χ3v) is 3.47. The average Bonchev–Trinajstić information content (AvgIpc) is 2.88. The van der Waals surface area contributed by atoms with Crippen LogP contribution in [0.25, 0.3) is 6.08 Å². The van der Waals surface area contributed by atoms with Crippen molar-refractivity contribution in [1.29, 1.82) is 0 Å². The molecule has 0 aliphatic carbocycles. The molecular formula is C14H15Cl2NO2. The fraction of sp³-hybridized carbons (Fsp3) is 0.357. The van der Waals surface area contributed by atoms with E-state index in [1.165, 1.54) is 6.08 Å². The average molecular weight is 300 g/mol. The molecule has 1 saturated heterocycles. The van der Waals surface area contributed by atoms with E-state index in [1.54, 1.807) is 24.3 Å². The third kappa shape index (κ3) is 4.53. The van der Waals surface area contributed by atoms with Gasteiger partial charge in [0.15, 0.2) is 0 Å². The van der Waals surface area contributed by atoms with Gasteiger partial charge in [-0.1, -0.05) is 29.3 Å². The van der Waals surface area contributed by atoms with Crippen molar-refractivity contribution in [1.82, 2.24) is 5.32 Å². The maximum Gasteiger partial charge on any atom is 0.244 e. The molecule has 0 unspecified atom stereocenters. The predicted molar refractivity (Wildman–Crippen MR) is 77.5 cm³/mol. The molecule has 1 heterocycles. The van der Waals surface area contributed by atoms with Crippen molar-refractivity contribution < 1.29 is 9.53 Å². The molecule has 1 amide bonds. The standard InChI is InChI=1S/C14H15Cl2NO2/c15-11-5-3-10(13(16)8-11)4-6-14(18)17-9-12-2-1-7-19-12/h3-6,8,12H,1-2,7,9H2,(H,17,18)/b6-4-/t12-/m1/s1. The first-order valence-corrected chi connectivity index (χ1v) is 6.93. The summed E-state index contributed by atoms with van der Waals surface area (Å²) in [6, 6.07) is 5.15. The summed E-state index contributed by atoms with van der Waals surface area (Å²) in [6.07, 6.45) is 5.36. The number of hydrogen-bond acceptors (Lipinski definition) is 2. The Bertz CT molecular complexity index is 482. The van der Waals surface area contributed by atoms with E-state index in [0.29, 0.717) is 16.6 Å². The molecule has 102 valence electrons. The van der Waals surface area contributed by atoms with Crippen molar-refractivity contribution in [2.24, 2.45) is 0 Å². The summed E-state index contributed by atoms with van der Waals surface area (Å²) in [5, 5.41) is 3.90. The number of carbonyl (C=O) groups is 1. The van der Waals surface area contributed by atoms with Crippen LogP contribution in [0.3, 0.4) is 0 Å². The van der Waals surface area contributed by atoms with Crippen molar-refractivity contribution in [2.45, 2.75) is 18.9 Å². The highest BCUT2D eigenvalue weighted by atomic mass is 35.5. The molecular weight excluding hydrogens is 285 g/mol. The molecule has 1 fully saturated rings. The molecule has 1 aromatic carbocycles. The smallest absolute Gasteiger partial charge is 0.244 e. The lowest BCUT2D eigenvalue weighted by molar-refractivity contribution is -0.116. The van der Waals surface area contributed by atoms with Gasteiger partial charge in [-0.3, -0.25) is 4.79 Å². The molecule has 0 bridgehead atoms. The van der Waals surface area contributed by atoms with Crippen molar-refractivity contribution >= 4 is 35.2 Å². The fourth-order valence-corrected chi connectivity index (χ4v) is 2.35. The molecule has 1 aliphatic heterocycles. The Morgan fingerprint density at radius 2 is 2.32 bits per heavy atom. The summed E-state index contributed by atoms with van der Waals surface area (Å²) in [6.45, 7) is 1.34. The normalized spacial score (nSPS) is 18.9. The van der Waals surface area contributed by atoms with Gasteiger partial charge >= 0.3 is 0 Å². The van der Waals surface area contributed by atoms with Gasteiger partial charge in [-0.15, -0.1) is 0 Å². The number of amides is 1. The molecule has 3 nitrogen and oxygen atoms in total. The predicted octanol–water partition coefficient (Wildman–Crippen LogP) is 3.30. The molecule has 2 rings (SSSR count). The molecule has 0 spiro atoms. The Morgan fingerprint density at radius 1 is 1.47 bits per heavy atom. The van der Waals surface area contributed by atoms with Crippen molar-refractivity contribution in [3.05, 3.63) is 39.9 Å². The van der Waals surface area contributed by atoms with Gasteiger partial charge in [-0.05, 0) is 36.6 Å². The largest absolute Gasteiger partial charge is 0.376 e. The highest BCUT2D eigenvalue weighted by molar-refractivity contribution is 6.35. The minimum absolute atomic E-state index is 0.150. The second-order valence-electron chi connectivity index (χ2n) is 4.38. The molecule has 1 N–H and O–H groups in total. The van der Waals surface area contributed by atoms with Crippen LogP contribution in [0.2, 0.25) is 10.0 Å². The maximum atomic E-state index is 11.6. The topological polar surface area (TPSA) is 38.3 Å². The van der Waals surface area contributed by atoms with Crippen molar-refractivity contribution in [2.75, 3.05) is 13.2 Å². The first kappa shape index (κ1) is 14.4. The van der Waals surface area contributed by atoms with E-state index >= 15 is 0 Å². The summed E-state index contributed by atoms with van der Waals surface area (Å²) in [7, 11) is 0. The summed E-state index contributed by atoms with van der Waals surface area (Å²) in [4.78, 5) is 11.6. The number of carbonyl (C=O) groups excluding carboxylic acids is 1. The molecule has 1 atom stereocenters. The summed E-state index contributed by atoms with van der Waals surface area (Å²) in [5.74, 6) is -0.151. The van der Waals surface area contributed by atoms with Crippen LogP contribution < -0.4 is 5.32 Å². The van der Waals surface area contributed by atoms with Gasteiger partial charge in [0.1, 0.15) is 0 Å². The second kappa shape index (κ2) is 6.94. The zero-order chi connectivity index (χ0) is 13.7. The molecule has 19 heavy (non-hydrogen) atoms. The van der Waals surface area contributed by atoms with Crippen molar-refractivity contribution in [3.8, 4) is 0 Å². The molecule has 1 aromatic rings. The highest BCUT2D eigenvalue weighted by Crippen LogP contribution is 2.21. The molecule has 0 aromatic heterocycles. The van der Waals surface area contributed by atoms with Gasteiger partial charge in [0, 0.05) is 29.3 Å². The number of benzene rings is 1. The SMILES string of the molecule is O=C(/C=C\c1ccc(Cl)cc1Cl)NC[C@H]1CCCO1. The van der Waals surface area contributed by atoms with Crippen molar-refractivity contribution in [3.63, 3.8) is 0 Å². The van der Waals surface area contributed by atoms with Crippen LogP contribution in [0.4, 0.5) is 0 Å². The maximum absolute atomic E-state index is 11.6. The van der Waals surface area contributed by atoms with Crippen LogP contribution >= 0.6 is 23.2 Å². The second-order valence-corrected chi connectivity index (χ2v) is 5.22. The Hall–Kier alpha value is -1.03. The third-order valence-electron chi connectivity index (χ3n) is 2.90. The van der Waals surface area contributed by atoms with Gasteiger partial charge in [0.05, 0.1) is 6.10 Å². The summed E-state index contributed by atoms with van der Waals surface area (Å²) >= 11 is 11.8. The minimum atomic E-state index is -0.151. The van der Waals surface area contributed by atoms with Gasteiger partial charge in [0.25, 0.3) is 0 Å². The Balaban J connectivity index is 1.85. The zero-order valence-corrected chi connectivity index (χ0v) is 11.9. The highest BCUT2D eigenvalue weighted by Gasteiger charge is 2.15. The van der Waals surface area contributed by atoms with Crippen LogP contribution in [-0.4, -0.2) is 25.2 Å². The van der Waals surface area contributed by atoms with E-state index < -0.39 is 0 Å². The van der Waals surface area contributed by atoms with E-state index in [-0.39, 0.29) is 12.0 Å². The summed E-state index contributed by atoms with van der Waals surface area (Å²) < 4.78 is 5.42. The van der Waals surface area contributed by atoms with Crippen LogP contribution in [-0.2, 0) is 9.53 Å². The van der Waals surface area contributed by atoms with Gasteiger partial charge in [-0.25, -0.2) is 0 Å². The van der Waals surface area contributed by atoms with Crippen LogP contribution in [0.1, 0.15) is 18.4 Å². The lowest BCUT2D eigenvalue weighted by Gasteiger charge is -2.08. The monoisotopic (exact) mass is 299 g/mol. The van der Waals surface area contributed by atoms with Gasteiger partial charge in [0.2, 0.25) is 5.91 Å². The van der Waals surface area contributed by atoms with E-state index in [0.717, 1.165) is 25.0 Å². The molecule has 0 radical (unpaired) electrons. The number of rotatable bonds is 4. The zero-order valence-electron chi connectivity index (χ0n) is 10.4. The molecule has 1 aliphatic rings. The van der Waals surface area contributed by atoms with Crippen LogP contribution in [0.15, 0.2) is 24.3 Å². The van der Waals surface area contributed by atoms with E-state index in [4.69, 9.17) is 27.9 Å². The fourth-order valence-electron chi connectivity index (χ4n) is 1.88. The quantitative estimate of drug-likeness (QED) is 0.866. The van der Waals surface area contributed by atoms with Gasteiger partial charge in [-0.2, -0.15) is 0 Å². The van der Waals surface area contributed by atoms with E-state index in [2.05, 4.69) is 5.32 Å². The van der Waals surface area contributed by atoms with Crippen LogP contribution in [0.5, 0.6) is 0 Å². The van der Waals surface area contributed by atoms with Gasteiger partial charge < -0.3 is 10.1 Å². The lowest BCUT2D eigenvalue weighted by Crippen LogP contribution is -2.30. The lowest BCUT2D eigenvalue weighted by atomic mass is 10.2. The first-order valence-electron chi connectivity index (χ1n) is 6.18. The van der Waals surface area contributed by atoms with Crippen LogP contribution in [0, 0.1) is 0 Å². The Kier molecular flexibility index (Phi) is 5.25.